The molecular weight excluding hydrogens is 264 g/mol. The van der Waals surface area contributed by atoms with Crippen molar-refractivity contribution in [1.29, 1.82) is 0 Å². The van der Waals surface area contributed by atoms with E-state index in [0.717, 1.165) is 17.0 Å². The minimum absolute atomic E-state index is 0.480. The first-order valence-electron chi connectivity index (χ1n) is 7.78. The fourth-order valence-corrected chi connectivity index (χ4v) is 3.56. The van der Waals surface area contributed by atoms with E-state index in [1.54, 1.807) is 0 Å². The molecule has 1 fully saturated rings. The summed E-state index contributed by atoms with van der Waals surface area (Å²) in [5.74, 6) is 0.823. The number of benzene rings is 1. The molecule has 1 saturated carbocycles. The van der Waals surface area contributed by atoms with Crippen molar-refractivity contribution in [3.8, 4) is 0 Å². The molecule has 110 valence electrons. The predicted octanol–water partition coefficient (Wildman–Crippen LogP) is 4.40. The number of thiocarbonyl (C=S) groups is 1. The molecule has 1 aromatic carbocycles. The minimum atomic E-state index is 0.480. The van der Waals surface area contributed by atoms with Gasteiger partial charge in [-0.15, -0.1) is 0 Å². The maximum atomic E-state index is 5.72. The van der Waals surface area contributed by atoms with Crippen LogP contribution in [0.25, 0.3) is 0 Å². The predicted molar refractivity (Wildman–Crippen MR) is 91.3 cm³/mol. The SMILES string of the molecule is CCC(Nc1ccc(C(N)=S)c(C)c1)C1CCCCC1. The Balaban J connectivity index is 2.07. The van der Waals surface area contributed by atoms with Gasteiger partial charge in [0, 0.05) is 17.3 Å². The monoisotopic (exact) mass is 290 g/mol. The summed E-state index contributed by atoms with van der Waals surface area (Å²) in [6, 6.07) is 6.89. The first kappa shape index (κ1) is 15.3. The molecule has 0 amide bonds. The number of nitrogens with two attached hydrogens (primary N) is 1. The molecule has 20 heavy (non-hydrogen) atoms. The lowest BCUT2D eigenvalue weighted by Gasteiger charge is -2.31. The molecule has 1 aromatic rings. The molecule has 0 saturated heterocycles. The maximum absolute atomic E-state index is 5.72. The summed E-state index contributed by atoms with van der Waals surface area (Å²) in [6.07, 6.45) is 8.12. The molecule has 0 bridgehead atoms. The Morgan fingerprint density at radius 2 is 2.05 bits per heavy atom. The Kier molecular flexibility index (Phi) is 5.41. The van der Waals surface area contributed by atoms with E-state index >= 15 is 0 Å². The van der Waals surface area contributed by atoms with Crippen LogP contribution in [0.15, 0.2) is 18.2 Å². The van der Waals surface area contributed by atoms with Crippen LogP contribution in [-0.4, -0.2) is 11.0 Å². The van der Waals surface area contributed by atoms with Crippen LogP contribution in [0.4, 0.5) is 5.69 Å². The second-order valence-electron chi connectivity index (χ2n) is 5.95. The largest absolute Gasteiger partial charge is 0.389 e. The Morgan fingerprint density at radius 1 is 1.35 bits per heavy atom. The molecular formula is C17H26N2S. The van der Waals surface area contributed by atoms with Gasteiger partial charge >= 0.3 is 0 Å². The topological polar surface area (TPSA) is 38.0 Å². The number of nitrogens with one attached hydrogen (secondary N) is 1. The van der Waals surface area contributed by atoms with E-state index in [1.165, 1.54) is 44.2 Å². The molecule has 0 radical (unpaired) electrons. The third-order valence-corrected chi connectivity index (χ3v) is 4.72. The van der Waals surface area contributed by atoms with Gasteiger partial charge in [0.05, 0.1) is 0 Å². The summed E-state index contributed by atoms with van der Waals surface area (Å²) in [5, 5.41) is 3.72. The highest BCUT2D eigenvalue weighted by atomic mass is 32.1. The molecule has 1 aliphatic rings. The Morgan fingerprint density at radius 3 is 2.60 bits per heavy atom. The smallest absolute Gasteiger partial charge is 0.104 e. The van der Waals surface area contributed by atoms with Gasteiger partial charge in [0.25, 0.3) is 0 Å². The summed E-state index contributed by atoms with van der Waals surface area (Å²) in [4.78, 5) is 0.480. The van der Waals surface area contributed by atoms with Gasteiger partial charge in [-0.1, -0.05) is 38.4 Å². The average molecular weight is 290 g/mol. The number of hydrogen-bond donors (Lipinski definition) is 2. The lowest BCUT2D eigenvalue weighted by molar-refractivity contribution is 0.313. The van der Waals surface area contributed by atoms with Gasteiger partial charge < -0.3 is 11.1 Å². The van der Waals surface area contributed by atoms with Crippen LogP contribution < -0.4 is 11.1 Å². The standard InChI is InChI=1S/C17H26N2S/c1-3-16(13-7-5-4-6-8-13)19-14-9-10-15(17(18)20)12(2)11-14/h9-11,13,16,19H,3-8H2,1-2H3,(H2,18,20). The molecule has 3 N–H and O–H groups in total. The van der Waals surface area contributed by atoms with Gasteiger partial charge in [0.1, 0.15) is 4.99 Å². The van der Waals surface area contributed by atoms with Crippen LogP contribution in [0.2, 0.25) is 0 Å². The van der Waals surface area contributed by atoms with Gasteiger partial charge in [0.15, 0.2) is 0 Å². The molecule has 2 nitrogen and oxygen atoms in total. The fraction of sp³-hybridized carbons (Fsp3) is 0.588. The third-order valence-electron chi connectivity index (χ3n) is 4.50. The van der Waals surface area contributed by atoms with Crippen molar-refractivity contribution in [3.05, 3.63) is 29.3 Å². The van der Waals surface area contributed by atoms with Crippen LogP contribution in [0.1, 0.15) is 56.6 Å². The van der Waals surface area contributed by atoms with Crippen molar-refractivity contribution < 1.29 is 0 Å². The normalized spacial score (nSPS) is 17.7. The summed E-state index contributed by atoms with van der Waals surface area (Å²) in [5.41, 5.74) is 9.05. The summed E-state index contributed by atoms with van der Waals surface area (Å²) in [6.45, 7) is 4.35. The molecule has 2 rings (SSSR count). The highest BCUT2D eigenvalue weighted by molar-refractivity contribution is 7.80. The highest BCUT2D eigenvalue weighted by Gasteiger charge is 2.22. The van der Waals surface area contributed by atoms with Crippen molar-refractivity contribution in [2.45, 2.75) is 58.4 Å². The maximum Gasteiger partial charge on any atom is 0.104 e. The van der Waals surface area contributed by atoms with E-state index in [0.29, 0.717) is 11.0 Å². The average Bonchev–Trinajstić information content (AvgIpc) is 2.45. The van der Waals surface area contributed by atoms with E-state index in [-0.39, 0.29) is 0 Å². The van der Waals surface area contributed by atoms with Gasteiger partial charge in [-0.25, -0.2) is 0 Å². The number of rotatable bonds is 5. The second kappa shape index (κ2) is 7.07. The van der Waals surface area contributed by atoms with E-state index in [1.807, 2.05) is 6.07 Å². The number of anilines is 1. The zero-order valence-corrected chi connectivity index (χ0v) is 13.4. The highest BCUT2D eigenvalue weighted by Crippen LogP contribution is 2.30. The fourth-order valence-electron chi connectivity index (χ4n) is 3.33. The van der Waals surface area contributed by atoms with Crippen molar-refractivity contribution >= 4 is 22.9 Å². The third kappa shape index (κ3) is 3.72. The quantitative estimate of drug-likeness (QED) is 0.789. The number of aryl methyl sites for hydroxylation is 1. The summed E-state index contributed by atoms with van der Waals surface area (Å²) < 4.78 is 0. The minimum Gasteiger partial charge on any atom is -0.389 e. The Hall–Kier alpha value is -1.09. The van der Waals surface area contributed by atoms with Gasteiger partial charge in [-0.2, -0.15) is 0 Å². The van der Waals surface area contributed by atoms with Gasteiger partial charge in [0.2, 0.25) is 0 Å². The first-order chi connectivity index (χ1) is 9.61. The zero-order valence-electron chi connectivity index (χ0n) is 12.6. The lowest BCUT2D eigenvalue weighted by Crippen LogP contribution is -2.30. The summed E-state index contributed by atoms with van der Waals surface area (Å²) in [7, 11) is 0. The van der Waals surface area contributed by atoms with E-state index in [4.69, 9.17) is 18.0 Å². The Labute approximate surface area is 128 Å². The molecule has 3 heteroatoms. The molecule has 0 aliphatic heterocycles. The molecule has 1 atom stereocenters. The Bertz CT molecular complexity index is 464. The van der Waals surface area contributed by atoms with Gasteiger partial charge in [-0.3, -0.25) is 0 Å². The molecule has 1 unspecified atom stereocenters. The van der Waals surface area contributed by atoms with Gasteiger partial charge in [-0.05, 0) is 55.9 Å². The number of hydrogen-bond acceptors (Lipinski definition) is 2. The van der Waals surface area contributed by atoms with Crippen LogP contribution >= 0.6 is 12.2 Å². The zero-order chi connectivity index (χ0) is 14.5. The molecule has 0 aromatic heterocycles. The second-order valence-corrected chi connectivity index (χ2v) is 6.39. The molecule has 1 aliphatic carbocycles. The van der Waals surface area contributed by atoms with Crippen molar-refractivity contribution in [2.75, 3.05) is 5.32 Å². The molecule has 0 heterocycles. The van der Waals surface area contributed by atoms with Crippen molar-refractivity contribution in [1.82, 2.24) is 0 Å². The van der Waals surface area contributed by atoms with E-state index in [2.05, 4.69) is 31.3 Å². The van der Waals surface area contributed by atoms with Crippen LogP contribution in [-0.2, 0) is 0 Å². The van der Waals surface area contributed by atoms with Crippen molar-refractivity contribution in [3.63, 3.8) is 0 Å². The summed E-state index contributed by atoms with van der Waals surface area (Å²) >= 11 is 5.06. The lowest BCUT2D eigenvalue weighted by atomic mass is 9.83. The van der Waals surface area contributed by atoms with E-state index < -0.39 is 0 Å². The van der Waals surface area contributed by atoms with Crippen LogP contribution in [0, 0.1) is 12.8 Å². The van der Waals surface area contributed by atoms with Crippen LogP contribution in [0.5, 0.6) is 0 Å². The van der Waals surface area contributed by atoms with Crippen LogP contribution in [0.3, 0.4) is 0 Å². The first-order valence-corrected chi connectivity index (χ1v) is 8.19. The molecule has 0 spiro atoms. The van der Waals surface area contributed by atoms with E-state index in [9.17, 15) is 0 Å². The van der Waals surface area contributed by atoms with Crippen molar-refractivity contribution in [2.24, 2.45) is 11.7 Å².